The second-order valence-corrected chi connectivity index (χ2v) is 6.56. The normalized spacial score (nSPS) is 10.3. The molecule has 0 aromatic heterocycles. The zero-order chi connectivity index (χ0) is 20.5. The zero-order valence-corrected chi connectivity index (χ0v) is 17.2. The van der Waals surface area contributed by atoms with Gasteiger partial charge in [-0.25, -0.2) is 0 Å². The molecule has 0 spiro atoms. The number of nitrogens with zero attached hydrogens (tertiary/aromatic N) is 1. The van der Waals surface area contributed by atoms with Crippen LogP contribution in [0.5, 0.6) is 11.5 Å². The van der Waals surface area contributed by atoms with E-state index in [2.05, 4.69) is 5.32 Å². The lowest BCUT2D eigenvalue weighted by atomic mass is 10.3. The van der Waals surface area contributed by atoms with Crippen molar-refractivity contribution < 1.29 is 19.1 Å². The van der Waals surface area contributed by atoms with Gasteiger partial charge in [0.2, 0.25) is 5.91 Å². The molecule has 2 amide bonds. The van der Waals surface area contributed by atoms with E-state index < -0.39 is 5.91 Å². The van der Waals surface area contributed by atoms with Crippen molar-refractivity contribution in [3.63, 3.8) is 0 Å². The van der Waals surface area contributed by atoms with Gasteiger partial charge in [0.25, 0.3) is 5.91 Å². The highest BCUT2D eigenvalue weighted by atomic mass is 35.5. The third kappa shape index (κ3) is 6.32. The lowest BCUT2D eigenvalue weighted by Gasteiger charge is -2.21. The molecule has 0 aliphatic heterocycles. The molecule has 0 saturated carbocycles. The van der Waals surface area contributed by atoms with Gasteiger partial charge in [0, 0.05) is 6.54 Å². The third-order valence-electron chi connectivity index (χ3n) is 3.79. The maximum absolute atomic E-state index is 12.4. The molecule has 6 nitrogen and oxygen atoms in total. The molecule has 0 heterocycles. The Kier molecular flexibility index (Phi) is 8.42. The van der Waals surface area contributed by atoms with E-state index in [1.165, 1.54) is 4.90 Å². The van der Waals surface area contributed by atoms with E-state index >= 15 is 0 Å². The van der Waals surface area contributed by atoms with Crippen LogP contribution < -0.4 is 14.8 Å². The van der Waals surface area contributed by atoms with Crippen LogP contribution in [0.2, 0.25) is 10.0 Å². The molecule has 8 heteroatoms. The number of carbonyl (C=O) groups is 2. The number of para-hydroxylation sites is 1. The van der Waals surface area contributed by atoms with Crippen molar-refractivity contribution in [3.8, 4) is 11.5 Å². The average Bonchev–Trinajstić information content (AvgIpc) is 2.68. The van der Waals surface area contributed by atoms with Gasteiger partial charge in [-0.3, -0.25) is 9.59 Å². The monoisotopic (exact) mass is 424 g/mol. The van der Waals surface area contributed by atoms with Crippen molar-refractivity contribution in [1.82, 2.24) is 4.90 Å². The predicted molar refractivity (Wildman–Crippen MR) is 110 cm³/mol. The van der Waals surface area contributed by atoms with Crippen LogP contribution in [0.1, 0.15) is 13.8 Å². The minimum Gasteiger partial charge on any atom is -0.494 e. The van der Waals surface area contributed by atoms with Crippen LogP contribution in [-0.4, -0.2) is 43.0 Å². The lowest BCUT2D eigenvalue weighted by Crippen LogP contribution is -2.40. The maximum Gasteiger partial charge on any atom is 0.260 e. The summed E-state index contributed by atoms with van der Waals surface area (Å²) >= 11 is 12.1. The third-order valence-corrected chi connectivity index (χ3v) is 4.42. The quantitative estimate of drug-likeness (QED) is 0.652. The highest BCUT2D eigenvalue weighted by Crippen LogP contribution is 2.29. The lowest BCUT2D eigenvalue weighted by molar-refractivity contribution is -0.136. The molecule has 0 unspecified atom stereocenters. The van der Waals surface area contributed by atoms with Gasteiger partial charge in [0.05, 0.1) is 28.9 Å². The molecule has 28 heavy (non-hydrogen) atoms. The number of carbonyl (C=O) groups excluding carboxylic acids is 2. The first kappa shape index (κ1) is 21.9. The molecule has 0 bridgehead atoms. The summed E-state index contributed by atoms with van der Waals surface area (Å²) in [4.78, 5) is 26.1. The molecule has 0 aliphatic rings. The van der Waals surface area contributed by atoms with Gasteiger partial charge in [0.15, 0.2) is 6.61 Å². The van der Waals surface area contributed by atoms with E-state index in [0.717, 1.165) is 5.75 Å². The maximum atomic E-state index is 12.4. The number of rotatable bonds is 9. The molecule has 0 saturated heterocycles. The molecule has 2 aromatic carbocycles. The second-order valence-electron chi connectivity index (χ2n) is 5.75. The van der Waals surface area contributed by atoms with Crippen LogP contribution in [0.15, 0.2) is 42.5 Å². The van der Waals surface area contributed by atoms with Crippen molar-refractivity contribution >= 4 is 40.7 Å². The Morgan fingerprint density at radius 1 is 0.964 bits per heavy atom. The summed E-state index contributed by atoms with van der Waals surface area (Å²) < 4.78 is 10.9. The highest BCUT2D eigenvalue weighted by Gasteiger charge is 2.18. The van der Waals surface area contributed by atoms with Crippen molar-refractivity contribution in [3.05, 3.63) is 52.5 Å². The van der Waals surface area contributed by atoms with Crippen LogP contribution in [0.4, 0.5) is 5.69 Å². The second kappa shape index (κ2) is 10.8. The van der Waals surface area contributed by atoms with E-state index in [9.17, 15) is 9.59 Å². The number of anilines is 1. The number of ether oxygens (including phenoxy) is 2. The molecule has 150 valence electrons. The van der Waals surface area contributed by atoms with Crippen LogP contribution in [0, 0.1) is 0 Å². The Morgan fingerprint density at radius 3 is 2.07 bits per heavy atom. The zero-order valence-electron chi connectivity index (χ0n) is 15.7. The number of hydrogen-bond acceptors (Lipinski definition) is 4. The summed E-state index contributed by atoms with van der Waals surface area (Å²) in [5, 5.41) is 3.29. The van der Waals surface area contributed by atoms with Crippen LogP contribution in [-0.2, 0) is 9.59 Å². The topological polar surface area (TPSA) is 67.9 Å². The van der Waals surface area contributed by atoms with Gasteiger partial charge in [-0.15, -0.1) is 0 Å². The van der Waals surface area contributed by atoms with Crippen molar-refractivity contribution in [1.29, 1.82) is 0 Å². The SMILES string of the molecule is CCOc1ccc(OCC(=O)N(CC)CC(=O)Nc2c(Cl)cccc2Cl)cc1. The van der Waals surface area contributed by atoms with Crippen LogP contribution in [0.25, 0.3) is 0 Å². The Bertz CT molecular complexity index is 792. The smallest absolute Gasteiger partial charge is 0.260 e. The van der Waals surface area contributed by atoms with E-state index in [1.54, 1.807) is 49.4 Å². The highest BCUT2D eigenvalue weighted by molar-refractivity contribution is 6.39. The summed E-state index contributed by atoms with van der Waals surface area (Å²) in [5.41, 5.74) is 0.324. The number of likely N-dealkylation sites (N-methyl/N-ethyl adjacent to an activating group) is 1. The molecular formula is C20H22Cl2N2O4. The molecule has 1 N–H and O–H groups in total. The number of hydrogen-bond donors (Lipinski definition) is 1. The molecule has 2 rings (SSSR count). The number of benzene rings is 2. The Labute approximate surface area is 174 Å². The summed E-state index contributed by atoms with van der Waals surface area (Å²) in [5.74, 6) is 0.564. The Hall–Kier alpha value is -2.44. The van der Waals surface area contributed by atoms with Gasteiger partial charge < -0.3 is 19.7 Å². The summed E-state index contributed by atoms with van der Waals surface area (Å²) in [7, 11) is 0. The molecule has 0 atom stereocenters. The van der Waals surface area contributed by atoms with Crippen molar-refractivity contribution in [2.75, 3.05) is 31.6 Å². The fourth-order valence-corrected chi connectivity index (χ4v) is 2.87. The molecule has 0 aliphatic carbocycles. The van der Waals surface area contributed by atoms with E-state index in [-0.39, 0.29) is 19.1 Å². The fourth-order valence-electron chi connectivity index (χ4n) is 2.38. The fraction of sp³-hybridized carbons (Fsp3) is 0.300. The standard InChI is InChI=1S/C20H22Cl2N2O4/c1-3-24(12-18(25)23-20-16(21)6-5-7-17(20)22)19(26)13-28-15-10-8-14(9-11-15)27-4-2/h5-11H,3-4,12-13H2,1-2H3,(H,23,25). The molecule has 0 radical (unpaired) electrons. The van der Waals surface area contributed by atoms with Gasteiger partial charge in [0.1, 0.15) is 11.5 Å². The van der Waals surface area contributed by atoms with Gasteiger partial charge in [-0.2, -0.15) is 0 Å². The van der Waals surface area contributed by atoms with Gasteiger partial charge in [-0.1, -0.05) is 29.3 Å². The van der Waals surface area contributed by atoms with Crippen molar-refractivity contribution in [2.24, 2.45) is 0 Å². The first-order valence-electron chi connectivity index (χ1n) is 8.81. The van der Waals surface area contributed by atoms with Crippen molar-refractivity contribution in [2.45, 2.75) is 13.8 Å². The summed E-state index contributed by atoms with van der Waals surface area (Å²) in [6.45, 7) is 4.30. The number of nitrogens with one attached hydrogen (secondary N) is 1. The van der Waals surface area contributed by atoms with Crippen LogP contribution in [0.3, 0.4) is 0 Å². The van der Waals surface area contributed by atoms with Gasteiger partial charge >= 0.3 is 0 Å². The number of halogens is 2. The summed E-state index contributed by atoms with van der Waals surface area (Å²) in [6.07, 6.45) is 0. The average molecular weight is 425 g/mol. The van der Waals surface area contributed by atoms with E-state index in [1.807, 2.05) is 6.92 Å². The summed E-state index contributed by atoms with van der Waals surface area (Å²) in [6, 6.07) is 11.9. The Morgan fingerprint density at radius 2 is 1.54 bits per heavy atom. The predicted octanol–water partition coefficient (Wildman–Crippen LogP) is 4.26. The minimum absolute atomic E-state index is 0.135. The first-order valence-corrected chi connectivity index (χ1v) is 9.57. The first-order chi connectivity index (χ1) is 13.4. The van der Waals surface area contributed by atoms with Gasteiger partial charge in [-0.05, 0) is 50.2 Å². The largest absolute Gasteiger partial charge is 0.494 e. The minimum atomic E-state index is -0.397. The van der Waals surface area contributed by atoms with Crippen LogP contribution >= 0.6 is 23.2 Å². The van der Waals surface area contributed by atoms with E-state index in [4.69, 9.17) is 32.7 Å². The van der Waals surface area contributed by atoms with E-state index in [0.29, 0.717) is 34.6 Å². The molecule has 2 aromatic rings. The number of amides is 2. The molecule has 0 fully saturated rings. The Balaban J connectivity index is 1.89. The molecular weight excluding hydrogens is 403 g/mol.